The quantitative estimate of drug-likeness (QED) is 0.178. The molecule has 0 aromatic heterocycles. The molecule has 10 nitrogen and oxygen atoms in total. The standard InChI is InChI=1S/C34H40N6O4/c1-21-28(19-36-32(41)43-20-29-26-13-9-7-11-24(26)25-12-8-10-14-27(25)29)22(2)31(23(3)30(21)37-38-35)39-15-17-40(18-16-39)33(42)44-34(4,5)6/h7-14,29H,15-20H2,1-6H3,(H,36,41). The Labute approximate surface area is 258 Å². The molecule has 44 heavy (non-hydrogen) atoms. The third kappa shape index (κ3) is 6.17. The van der Waals surface area contributed by atoms with Crippen LogP contribution in [0.4, 0.5) is 21.0 Å². The average Bonchev–Trinajstić information content (AvgIpc) is 3.31. The molecule has 5 rings (SSSR count). The van der Waals surface area contributed by atoms with Gasteiger partial charge >= 0.3 is 12.2 Å². The summed E-state index contributed by atoms with van der Waals surface area (Å²) in [4.78, 5) is 32.6. The van der Waals surface area contributed by atoms with Crippen molar-refractivity contribution in [1.82, 2.24) is 10.2 Å². The zero-order valence-electron chi connectivity index (χ0n) is 26.3. The third-order valence-corrected chi connectivity index (χ3v) is 8.47. The highest BCUT2D eigenvalue weighted by Crippen LogP contribution is 2.44. The summed E-state index contributed by atoms with van der Waals surface area (Å²) in [5.41, 5.74) is 18.5. The first kappa shape index (κ1) is 30.8. The summed E-state index contributed by atoms with van der Waals surface area (Å²) in [5, 5.41) is 6.96. The molecule has 0 saturated carbocycles. The van der Waals surface area contributed by atoms with Crippen LogP contribution in [0.15, 0.2) is 53.6 Å². The topological polar surface area (TPSA) is 120 Å². The molecule has 1 heterocycles. The van der Waals surface area contributed by atoms with Crippen molar-refractivity contribution < 1.29 is 19.1 Å². The maximum absolute atomic E-state index is 13.0. The molecule has 0 bridgehead atoms. The molecule has 1 aliphatic heterocycles. The first-order valence-corrected chi connectivity index (χ1v) is 15.0. The second-order valence-corrected chi connectivity index (χ2v) is 12.4. The van der Waals surface area contributed by atoms with Crippen molar-refractivity contribution in [3.05, 3.63) is 92.4 Å². The second-order valence-electron chi connectivity index (χ2n) is 12.4. The van der Waals surface area contributed by atoms with E-state index in [9.17, 15) is 15.1 Å². The first-order valence-electron chi connectivity index (χ1n) is 15.0. The molecular weight excluding hydrogens is 556 g/mol. The van der Waals surface area contributed by atoms with Gasteiger partial charge < -0.3 is 24.6 Å². The normalized spacial score (nSPS) is 14.4. The summed E-state index contributed by atoms with van der Waals surface area (Å²) in [6, 6.07) is 16.5. The summed E-state index contributed by atoms with van der Waals surface area (Å²) >= 11 is 0. The van der Waals surface area contributed by atoms with E-state index in [0.717, 1.165) is 39.1 Å². The molecule has 1 fully saturated rings. The van der Waals surface area contributed by atoms with Crippen molar-refractivity contribution in [2.24, 2.45) is 5.11 Å². The number of alkyl carbamates (subject to hydrolysis) is 1. The summed E-state index contributed by atoms with van der Waals surface area (Å²) in [6.45, 7) is 14.1. The van der Waals surface area contributed by atoms with Crippen molar-refractivity contribution in [3.63, 3.8) is 0 Å². The molecule has 1 N–H and O–H groups in total. The molecule has 230 valence electrons. The fraction of sp³-hybridized carbons (Fsp3) is 0.412. The van der Waals surface area contributed by atoms with Crippen LogP contribution >= 0.6 is 0 Å². The summed E-state index contributed by atoms with van der Waals surface area (Å²) < 4.78 is 11.3. The minimum Gasteiger partial charge on any atom is -0.449 e. The molecule has 10 heteroatoms. The molecule has 1 aliphatic carbocycles. The van der Waals surface area contributed by atoms with Crippen LogP contribution in [0.1, 0.15) is 60.1 Å². The zero-order chi connectivity index (χ0) is 31.6. The summed E-state index contributed by atoms with van der Waals surface area (Å²) in [6.07, 6.45) is -0.832. The highest BCUT2D eigenvalue weighted by Gasteiger charge is 2.30. The van der Waals surface area contributed by atoms with Gasteiger partial charge in [0.25, 0.3) is 0 Å². The Balaban J connectivity index is 1.30. The molecule has 3 aromatic rings. The number of anilines is 1. The maximum atomic E-state index is 13.0. The summed E-state index contributed by atoms with van der Waals surface area (Å²) in [5.74, 6) is -0.0292. The van der Waals surface area contributed by atoms with Crippen molar-refractivity contribution in [3.8, 4) is 11.1 Å². The second kappa shape index (κ2) is 12.5. The molecule has 1 saturated heterocycles. The van der Waals surface area contributed by atoms with Crippen LogP contribution in [0.2, 0.25) is 0 Å². The van der Waals surface area contributed by atoms with E-state index in [1.54, 1.807) is 4.90 Å². The van der Waals surface area contributed by atoms with E-state index in [4.69, 9.17) is 9.47 Å². The Morgan fingerprint density at radius 1 is 0.932 bits per heavy atom. The Hall–Kier alpha value is -4.69. The molecule has 2 aliphatic rings. The number of ether oxygens (including phenoxy) is 2. The number of carbonyl (C=O) groups excluding carboxylic acids is 2. The van der Waals surface area contributed by atoms with E-state index in [1.807, 2.05) is 65.8 Å². The van der Waals surface area contributed by atoms with Crippen molar-refractivity contribution in [2.75, 3.05) is 37.7 Å². The number of carbonyl (C=O) groups is 2. The van der Waals surface area contributed by atoms with Gasteiger partial charge in [0.2, 0.25) is 0 Å². The highest BCUT2D eigenvalue weighted by molar-refractivity contribution is 5.79. The molecule has 0 spiro atoms. The van der Waals surface area contributed by atoms with Gasteiger partial charge in [-0.2, -0.15) is 0 Å². The van der Waals surface area contributed by atoms with Gasteiger partial charge in [-0.15, -0.1) is 0 Å². The number of hydrogen-bond acceptors (Lipinski definition) is 6. The van der Waals surface area contributed by atoms with Gasteiger partial charge in [-0.1, -0.05) is 53.6 Å². The molecule has 2 amide bonds. The van der Waals surface area contributed by atoms with Crippen LogP contribution in [0.3, 0.4) is 0 Å². The number of nitrogens with one attached hydrogen (secondary N) is 1. The number of hydrogen-bond donors (Lipinski definition) is 1. The fourth-order valence-corrected chi connectivity index (χ4v) is 6.43. The average molecular weight is 597 g/mol. The monoisotopic (exact) mass is 596 g/mol. The molecule has 0 radical (unpaired) electrons. The van der Waals surface area contributed by atoms with E-state index in [0.29, 0.717) is 31.9 Å². The molecule has 0 unspecified atom stereocenters. The smallest absolute Gasteiger partial charge is 0.410 e. The number of nitrogens with zero attached hydrogens (tertiary/aromatic N) is 5. The predicted molar refractivity (Wildman–Crippen MR) is 171 cm³/mol. The van der Waals surface area contributed by atoms with Crippen LogP contribution in [0.5, 0.6) is 0 Å². The zero-order valence-corrected chi connectivity index (χ0v) is 26.3. The molecule has 0 atom stereocenters. The van der Waals surface area contributed by atoms with Crippen molar-refractivity contribution in [2.45, 2.75) is 59.6 Å². The SMILES string of the molecule is Cc1c(CNC(=O)OCC2c3ccccc3-c3ccccc32)c(C)c(N2CCN(C(=O)OC(C)(C)C)CC2)c(C)c1N=[N+]=[N-]. The third-order valence-electron chi connectivity index (χ3n) is 8.47. The van der Waals surface area contributed by atoms with Crippen molar-refractivity contribution >= 4 is 23.6 Å². The maximum Gasteiger partial charge on any atom is 0.410 e. The number of amides is 2. The Bertz CT molecular complexity index is 1590. The van der Waals surface area contributed by atoms with Gasteiger partial charge in [0.15, 0.2) is 0 Å². The van der Waals surface area contributed by atoms with Crippen LogP contribution in [0.25, 0.3) is 21.6 Å². The van der Waals surface area contributed by atoms with Gasteiger partial charge in [0.1, 0.15) is 12.2 Å². The van der Waals surface area contributed by atoms with E-state index in [2.05, 4.69) is 44.5 Å². The van der Waals surface area contributed by atoms with Crippen molar-refractivity contribution in [1.29, 1.82) is 0 Å². The van der Waals surface area contributed by atoms with E-state index in [-0.39, 0.29) is 25.2 Å². The van der Waals surface area contributed by atoms with Gasteiger partial charge in [-0.3, -0.25) is 0 Å². The minimum absolute atomic E-state index is 0.0292. The number of fused-ring (bicyclic) bond motifs is 3. The lowest BCUT2D eigenvalue weighted by molar-refractivity contribution is 0.0240. The number of azide groups is 1. The largest absolute Gasteiger partial charge is 0.449 e. The fourth-order valence-electron chi connectivity index (χ4n) is 6.43. The summed E-state index contributed by atoms with van der Waals surface area (Å²) in [7, 11) is 0. The van der Waals surface area contributed by atoms with Gasteiger partial charge in [0.05, 0.1) is 0 Å². The van der Waals surface area contributed by atoms with E-state index in [1.165, 1.54) is 11.1 Å². The van der Waals surface area contributed by atoms with Gasteiger partial charge in [-0.25, -0.2) is 9.59 Å². The Morgan fingerprint density at radius 2 is 1.52 bits per heavy atom. The first-order chi connectivity index (χ1) is 21.0. The van der Waals surface area contributed by atoms with Crippen LogP contribution in [-0.2, 0) is 16.0 Å². The van der Waals surface area contributed by atoms with Crippen LogP contribution in [-0.4, -0.2) is 55.5 Å². The van der Waals surface area contributed by atoms with E-state index >= 15 is 0 Å². The number of piperazine rings is 1. The predicted octanol–water partition coefficient (Wildman–Crippen LogP) is 7.65. The number of rotatable bonds is 6. The lowest BCUT2D eigenvalue weighted by Crippen LogP contribution is -2.50. The highest BCUT2D eigenvalue weighted by atomic mass is 16.6. The minimum atomic E-state index is -0.558. The van der Waals surface area contributed by atoms with Gasteiger partial charge in [0, 0.05) is 54.9 Å². The van der Waals surface area contributed by atoms with Crippen LogP contribution in [0, 0.1) is 20.8 Å². The van der Waals surface area contributed by atoms with Crippen LogP contribution < -0.4 is 10.2 Å². The van der Waals surface area contributed by atoms with E-state index < -0.39 is 11.7 Å². The Kier molecular flexibility index (Phi) is 8.74. The Morgan fingerprint density at radius 3 is 2.09 bits per heavy atom. The lowest BCUT2D eigenvalue weighted by atomic mass is 9.93. The number of benzene rings is 3. The molecular formula is C34H40N6O4. The van der Waals surface area contributed by atoms with Gasteiger partial charge in [-0.05, 0) is 91.6 Å². The lowest BCUT2D eigenvalue weighted by Gasteiger charge is -2.39. The molecule has 3 aromatic carbocycles.